The number of hydrazone groups is 1. The van der Waals surface area contributed by atoms with Crippen LogP contribution < -0.4 is 0 Å². The average molecular weight is 186 g/mol. The van der Waals surface area contributed by atoms with E-state index >= 15 is 0 Å². The highest BCUT2D eigenvalue weighted by Crippen LogP contribution is 2.14. The van der Waals surface area contributed by atoms with Crippen molar-refractivity contribution in [3.8, 4) is 0 Å². The number of nitrogens with zero attached hydrogens (tertiary/aromatic N) is 3. The highest BCUT2D eigenvalue weighted by molar-refractivity contribution is 6.70. The molecule has 0 aromatic rings. The number of rotatable bonds is 1. The second-order valence-electron chi connectivity index (χ2n) is 2.57. The van der Waals surface area contributed by atoms with Gasteiger partial charge in [-0.15, -0.1) is 0 Å². The van der Waals surface area contributed by atoms with E-state index < -0.39 is 0 Å². The molecule has 1 aliphatic rings. The summed E-state index contributed by atoms with van der Waals surface area (Å²) in [4.78, 5) is 4.06. The van der Waals surface area contributed by atoms with Gasteiger partial charge in [-0.1, -0.05) is 24.6 Å². The molecule has 1 aliphatic heterocycles. The maximum atomic E-state index is 5.91. The van der Waals surface area contributed by atoms with Crippen molar-refractivity contribution in [2.75, 3.05) is 7.05 Å². The monoisotopic (exact) mass is 185 g/mol. The summed E-state index contributed by atoms with van der Waals surface area (Å²) in [7, 11) is 1.86. The molecule has 3 nitrogen and oxygen atoms in total. The number of hydrogen-bond acceptors (Lipinski definition) is 3. The lowest BCUT2D eigenvalue weighted by Crippen LogP contribution is -2.21. The lowest BCUT2D eigenvalue weighted by atomic mass is 10.3. The Morgan fingerprint density at radius 2 is 2.25 bits per heavy atom. The topological polar surface area (TPSA) is 28.0 Å². The molecular formula is C8H12ClN3. The van der Waals surface area contributed by atoms with Crippen LogP contribution in [-0.4, -0.2) is 23.1 Å². The maximum absolute atomic E-state index is 5.91. The zero-order valence-corrected chi connectivity index (χ0v) is 8.26. The van der Waals surface area contributed by atoms with E-state index in [0.29, 0.717) is 11.0 Å². The van der Waals surface area contributed by atoms with Crippen LogP contribution in [-0.2, 0) is 0 Å². The summed E-state index contributed by atoms with van der Waals surface area (Å²) in [5.41, 5.74) is 0.879. The van der Waals surface area contributed by atoms with E-state index in [2.05, 4.69) is 17.0 Å². The first-order valence-corrected chi connectivity index (χ1v) is 4.26. The van der Waals surface area contributed by atoms with Crippen LogP contribution in [0.25, 0.3) is 0 Å². The van der Waals surface area contributed by atoms with Crippen LogP contribution in [0.5, 0.6) is 0 Å². The predicted octanol–water partition coefficient (Wildman–Crippen LogP) is 2.20. The molecule has 1 rings (SSSR count). The Hall–Kier alpha value is -0.830. The van der Waals surface area contributed by atoms with Gasteiger partial charge in [-0.3, -0.25) is 5.01 Å². The van der Waals surface area contributed by atoms with Crippen LogP contribution in [0.3, 0.4) is 0 Å². The van der Waals surface area contributed by atoms with Gasteiger partial charge in [0.2, 0.25) is 0 Å². The number of hydrogen-bond donors (Lipinski definition) is 0. The quantitative estimate of drug-likeness (QED) is 0.616. The smallest absolute Gasteiger partial charge is 0.156 e. The lowest BCUT2D eigenvalue weighted by molar-refractivity contribution is 0.463. The molecule has 0 saturated carbocycles. The third-order valence-corrected chi connectivity index (χ3v) is 1.79. The Balaban J connectivity index is 2.94. The molecule has 4 heteroatoms. The van der Waals surface area contributed by atoms with Gasteiger partial charge in [0.05, 0.1) is 5.70 Å². The third-order valence-electron chi connectivity index (χ3n) is 1.51. The molecule has 0 unspecified atom stereocenters. The number of allylic oxidation sites excluding steroid dienone is 2. The van der Waals surface area contributed by atoms with Crippen LogP contribution in [0.4, 0.5) is 0 Å². The molecule has 0 fully saturated rings. The van der Waals surface area contributed by atoms with Crippen LogP contribution in [0.15, 0.2) is 21.9 Å². The van der Waals surface area contributed by atoms with Gasteiger partial charge in [0.15, 0.2) is 5.17 Å². The average Bonchev–Trinajstić information content (AvgIpc) is 1.96. The van der Waals surface area contributed by atoms with Gasteiger partial charge in [-0.05, 0) is 13.3 Å². The van der Waals surface area contributed by atoms with Crippen LogP contribution in [0.2, 0.25) is 0 Å². The van der Waals surface area contributed by atoms with Gasteiger partial charge < -0.3 is 0 Å². The Kier molecular flexibility index (Phi) is 2.87. The van der Waals surface area contributed by atoms with Crippen molar-refractivity contribution < 1.29 is 0 Å². The fraction of sp³-hybridized carbons (Fsp3) is 0.500. The molecule has 12 heavy (non-hydrogen) atoms. The highest BCUT2D eigenvalue weighted by atomic mass is 35.5. The van der Waals surface area contributed by atoms with E-state index in [1.54, 1.807) is 5.01 Å². The molecule has 1 heterocycles. The van der Waals surface area contributed by atoms with E-state index in [1.807, 2.05) is 20.0 Å². The molecule has 0 N–H and O–H groups in total. The van der Waals surface area contributed by atoms with Crippen LogP contribution in [0.1, 0.15) is 20.3 Å². The number of amidine groups is 1. The van der Waals surface area contributed by atoms with Gasteiger partial charge >= 0.3 is 0 Å². The van der Waals surface area contributed by atoms with Crippen LogP contribution in [0, 0.1) is 0 Å². The Morgan fingerprint density at radius 3 is 2.75 bits per heavy atom. The molecule has 0 atom stereocenters. The Bertz CT molecular complexity index is 265. The van der Waals surface area contributed by atoms with E-state index in [9.17, 15) is 0 Å². The van der Waals surface area contributed by atoms with Crippen molar-refractivity contribution in [2.24, 2.45) is 10.1 Å². The molecular weight excluding hydrogens is 174 g/mol. The molecule has 0 aromatic carbocycles. The maximum Gasteiger partial charge on any atom is 0.156 e. The number of aliphatic imine (C=N–C) groups is 1. The summed E-state index contributed by atoms with van der Waals surface area (Å²) in [5.74, 6) is 0.691. The van der Waals surface area contributed by atoms with Crippen molar-refractivity contribution in [3.05, 3.63) is 11.8 Å². The van der Waals surface area contributed by atoms with E-state index in [4.69, 9.17) is 11.6 Å². The van der Waals surface area contributed by atoms with Crippen molar-refractivity contribution in [1.82, 2.24) is 5.01 Å². The zero-order valence-electron chi connectivity index (χ0n) is 7.50. The molecule has 0 aliphatic carbocycles. The first-order valence-electron chi connectivity index (χ1n) is 3.88. The van der Waals surface area contributed by atoms with Crippen molar-refractivity contribution in [1.29, 1.82) is 0 Å². The molecule has 0 radical (unpaired) electrons. The van der Waals surface area contributed by atoms with E-state index in [-0.39, 0.29) is 0 Å². The summed E-state index contributed by atoms with van der Waals surface area (Å²) in [6.45, 7) is 3.87. The second-order valence-corrected chi connectivity index (χ2v) is 2.93. The van der Waals surface area contributed by atoms with Crippen molar-refractivity contribution in [2.45, 2.75) is 20.3 Å². The normalized spacial score (nSPS) is 21.0. The first kappa shape index (κ1) is 9.26. The predicted molar refractivity (Wildman–Crippen MR) is 52.5 cm³/mol. The molecule has 66 valence electrons. The Labute approximate surface area is 77.4 Å². The first-order chi connectivity index (χ1) is 5.65. The standard InChI is InChI=1S/C8H12ClN3/c1-4-5-7-8(9)10-6(2)11-12(7)3/h5H,4H2,1-3H3/b7-5-. The van der Waals surface area contributed by atoms with Gasteiger partial charge in [-0.2, -0.15) is 5.10 Å². The molecule has 0 spiro atoms. The summed E-state index contributed by atoms with van der Waals surface area (Å²) < 4.78 is 0. The second kappa shape index (κ2) is 3.72. The van der Waals surface area contributed by atoms with Crippen LogP contribution >= 0.6 is 11.6 Å². The zero-order chi connectivity index (χ0) is 9.14. The Morgan fingerprint density at radius 1 is 1.58 bits per heavy atom. The van der Waals surface area contributed by atoms with Gasteiger partial charge in [-0.25, -0.2) is 4.99 Å². The molecule has 0 amide bonds. The van der Waals surface area contributed by atoms with Crippen molar-refractivity contribution in [3.63, 3.8) is 0 Å². The molecule has 0 aromatic heterocycles. The van der Waals surface area contributed by atoms with Gasteiger partial charge in [0.25, 0.3) is 0 Å². The third kappa shape index (κ3) is 1.85. The summed E-state index contributed by atoms with van der Waals surface area (Å²) >= 11 is 5.91. The largest absolute Gasteiger partial charge is 0.264 e. The minimum atomic E-state index is 0.520. The highest BCUT2D eigenvalue weighted by Gasteiger charge is 2.13. The fourth-order valence-corrected chi connectivity index (χ4v) is 1.36. The summed E-state index contributed by atoms with van der Waals surface area (Å²) in [6, 6.07) is 0. The fourth-order valence-electron chi connectivity index (χ4n) is 1.04. The molecule has 0 bridgehead atoms. The van der Waals surface area contributed by atoms with Crippen molar-refractivity contribution >= 4 is 22.6 Å². The number of halogens is 1. The van der Waals surface area contributed by atoms with Gasteiger partial charge in [0.1, 0.15) is 5.84 Å². The minimum Gasteiger partial charge on any atom is -0.264 e. The lowest BCUT2D eigenvalue weighted by Gasteiger charge is -2.19. The van der Waals surface area contributed by atoms with E-state index in [0.717, 1.165) is 12.1 Å². The summed E-state index contributed by atoms with van der Waals surface area (Å²) in [5, 5.41) is 6.41. The summed E-state index contributed by atoms with van der Waals surface area (Å²) in [6.07, 6.45) is 2.93. The minimum absolute atomic E-state index is 0.520. The molecule has 0 saturated heterocycles. The van der Waals surface area contributed by atoms with E-state index in [1.165, 1.54) is 0 Å². The van der Waals surface area contributed by atoms with Gasteiger partial charge in [0, 0.05) is 7.05 Å². The SMILES string of the molecule is CC/C=C1/C(Cl)=NC(C)=NN1C.